The second kappa shape index (κ2) is 6.69. The van der Waals surface area contributed by atoms with E-state index in [1.54, 1.807) is 6.33 Å². The van der Waals surface area contributed by atoms with Gasteiger partial charge < -0.3 is 19.5 Å². The molecule has 0 aliphatic carbocycles. The summed E-state index contributed by atoms with van der Waals surface area (Å²) in [5.74, 6) is 0.944. The van der Waals surface area contributed by atoms with Crippen molar-refractivity contribution in [1.82, 2.24) is 20.1 Å². The van der Waals surface area contributed by atoms with E-state index in [4.69, 9.17) is 4.74 Å². The molecule has 0 radical (unpaired) electrons. The molecule has 3 rings (SSSR count). The van der Waals surface area contributed by atoms with Crippen LogP contribution in [0.5, 0.6) is 0 Å². The second-order valence-corrected chi connectivity index (χ2v) is 5.23. The molecule has 2 aromatic rings. The lowest BCUT2D eigenvalue weighted by atomic mass is 10.2. The van der Waals surface area contributed by atoms with E-state index >= 15 is 0 Å². The van der Waals surface area contributed by atoms with Crippen LogP contribution in [0.1, 0.15) is 11.4 Å². The van der Waals surface area contributed by atoms with Crippen LogP contribution in [0.25, 0.3) is 0 Å². The summed E-state index contributed by atoms with van der Waals surface area (Å²) < 4.78 is 7.30. The van der Waals surface area contributed by atoms with Crippen LogP contribution < -0.4 is 10.2 Å². The van der Waals surface area contributed by atoms with Crippen molar-refractivity contribution >= 4 is 5.69 Å². The summed E-state index contributed by atoms with van der Waals surface area (Å²) in [4.78, 5) is 2.36. The molecule has 6 heteroatoms. The third-order valence-electron chi connectivity index (χ3n) is 3.73. The molecule has 21 heavy (non-hydrogen) atoms. The van der Waals surface area contributed by atoms with E-state index in [1.807, 2.05) is 11.6 Å². The number of ether oxygens (including phenoxy) is 1. The quantitative estimate of drug-likeness (QED) is 0.887. The highest BCUT2D eigenvalue weighted by Crippen LogP contribution is 2.16. The molecule has 0 bridgehead atoms. The minimum Gasteiger partial charge on any atom is -0.378 e. The maximum absolute atomic E-state index is 5.38. The topological polar surface area (TPSA) is 55.2 Å². The molecule has 0 spiro atoms. The maximum Gasteiger partial charge on any atom is 0.146 e. The van der Waals surface area contributed by atoms with Gasteiger partial charge >= 0.3 is 0 Å². The highest BCUT2D eigenvalue weighted by atomic mass is 16.5. The standard InChI is InChI=1S/C15H21N5O/c1-19-12-17-18-15(19)11-16-10-13-2-4-14(5-3-13)20-6-8-21-9-7-20/h2-5,12,16H,6-11H2,1H3. The normalized spacial score (nSPS) is 15.4. The Morgan fingerprint density at radius 2 is 1.90 bits per heavy atom. The van der Waals surface area contributed by atoms with Gasteiger partial charge in [-0.05, 0) is 17.7 Å². The fourth-order valence-electron chi connectivity index (χ4n) is 2.43. The van der Waals surface area contributed by atoms with Gasteiger partial charge in [-0.1, -0.05) is 12.1 Å². The molecular weight excluding hydrogens is 266 g/mol. The van der Waals surface area contributed by atoms with Gasteiger partial charge in [-0.3, -0.25) is 0 Å². The largest absolute Gasteiger partial charge is 0.378 e. The van der Waals surface area contributed by atoms with Crippen molar-refractivity contribution in [3.63, 3.8) is 0 Å². The van der Waals surface area contributed by atoms with Crippen LogP contribution in [0.2, 0.25) is 0 Å². The summed E-state index contributed by atoms with van der Waals surface area (Å²) in [6, 6.07) is 8.72. The fourth-order valence-corrected chi connectivity index (χ4v) is 2.43. The zero-order chi connectivity index (χ0) is 14.5. The highest BCUT2D eigenvalue weighted by Gasteiger charge is 2.10. The SMILES string of the molecule is Cn1cnnc1CNCc1ccc(N2CCOCC2)cc1. The number of anilines is 1. The Morgan fingerprint density at radius 1 is 1.14 bits per heavy atom. The van der Waals surface area contributed by atoms with Crippen molar-refractivity contribution in [2.24, 2.45) is 7.05 Å². The molecule has 0 atom stereocenters. The minimum absolute atomic E-state index is 0.724. The Hall–Kier alpha value is -1.92. The number of nitrogens with one attached hydrogen (secondary N) is 1. The molecule has 2 heterocycles. The van der Waals surface area contributed by atoms with Crippen LogP contribution in [0.3, 0.4) is 0 Å². The summed E-state index contributed by atoms with van der Waals surface area (Å²) in [7, 11) is 1.95. The van der Waals surface area contributed by atoms with Crippen LogP contribution in [0.4, 0.5) is 5.69 Å². The average Bonchev–Trinajstić information content (AvgIpc) is 2.94. The average molecular weight is 287 g/mol. The molecule has 1 aliphatic rings. The van der Waals surface area contributed by atoms with E-state index in [2.05, 4.69) is 44.7 Å². The number of benzene rings is 1. The first-order valence-corrected chi connectivity index (χ1v) is 7.28. The Morgan fingerprint density at radius 3 is 2.57 bits per heavy atom. The summed E-state index contributed by atoms with van der Waals surface area (Å²) in [6.45, 7) is 5.15. The van der Waals surface area contributed by atoms with E-state index in [0.29, 0.717) is 0 Å². The van der Waals surface area contributed by atoms with E-state index in [1.165, 1.54) is 11.3 Å². The van der Waals surface area contributed by atoms with Crippen LogP contribution >= 0.6 is 0 Å². The molecule has 0 unspecified atom stereocenters. The first-order chi connectivity index (χ1) is 10.3. The van der Waals surface area contributed by atoms with Crippen molar-refractivity contribution < 1.29 is 4.74 Å². The van der Waals surface area contributed by atoms with Gasteiger partial charge in [-0.15, -0.1) is 10.2 Å². The van der Waals surface area contributed by atoms with Crippen LogP contribution in [0, 0.1) is 0 Å². The fraction of sp³-hybridized carbons (Fsp3) is 0.467. The Labute approximate surface area is 124 Å². The van der Waals surface area contributed by atoms with Gasteiger partial charge in [0.2, 0.25) is 0 Å². The Balaban J connectivity index is 1.51. The van der Waals surface area contributed by atoms with E-state index in [0.717, 1.165) is 45.2 Å². The zero-order valence-electron chi connectivity index (χ0n) is 12.3. The Kier molecular flexibility index (Phi) is 4.47. The lowest BCUT2D eigenvalue weighted by Crippen LogP contribution is -2.36. The molecule has 1 fully saturated rings. The van der Waals surface area contributed by atoms with Gasteiger partial charge in [0.05, 0.1) is 19.8 Å². The van der Waals surface area contributed by atoms with Gasteiger partial charge in [-0.25, -0.2) is 0 Å². The Bertz CT molecular complexity index is 560. The summed E-state index contributed by atoms with van der Waals surface area (Å²) in [6.07, 6.45) is 1.72. The van der Waals surface area contributed by atoms with Crippen LogP contribution in [0.15, 0.2) is 30.6 Å². The highest BCUT2D eigenvalue weighted by molar-refractivity contribution is 5.47. The third kappa shape index (κ3) is 3.59. The molecule has 112 valence electrons. The lowest BCUT2D eigenvalue weighted by Gasteiger charge is -2.28. The first-order valence-electron chi connectivity index (χ1n) is 7.28. The van der Waals surface area contributed by atoms with E-state index in [-0.39, 0.29) is 0 Å². The second-order valence-electron chi connectivity index (χ2n) is 5.23. The van der Waals surface area contributed by atoms with Gasteiger partial charge in [0.1, 0.15) is 12.2 Å². The molecule has 1 N–H and O–H groups in total. The number of rotatable bonds is 5. The molecular formula is C15H21N5O. The predicted molar refractivity (Wildman–Crippen MR) is 81.0 cm³/mol. The van der Waals surface area contributed by atoms with Crippen molar-refractivity contribution in [2.45, 2.75) is 13.1 Å². The predicted octanol–water partition coefficient (Wildman–Crippen LogP) is 0.941. The number of morpholine rings is 1. The molecule has 1 aliphatic heterocycles. The monoisotopic (exact) mass is 287 g/mol. The minimum atomic E-state index is 0.724. The molecule has 0 amide bonds. The molecule has 1 aromatic carbocycles. The van der Waals surface area contributed by atoms with Crippen molar-refractivity contribution in [1.29, 1.82) is 0 Å². The van der Waals surface area contributed by atoms with E-state index < -0.39 is 0 Å². The maximum atomic E-state index is 5.38. The van der Waals surface area contributed by atoms with Gasteiger partial charge in [0.25, 0.3) is 0 Å². The molecule has 1 aromatic heterocycles. The number of aryl methyl sites for hydroxylation is 1. The molecule has 1 saturated heterocycles. The number of aromatic nitrogens is 3. The van der Waals surface area contributed by atoms with Crippen LogP contribution in [-0.2, 0) is 24.9 Å². The smallest absolute Gasteiger partial charge is 0.146 e. The van der Waals surface area contributed by atoms with E-state index in [9.17, 15) is 0 Å². The summed E-state index contributed by atoms with van der Waals surface area (Å²) in [5, 5.41) is 11.3. The zero-order valence-corrected chi connectivity index (χ0v) is 12.3. The van der Waals surface area contributed by atoms with Crippen molar-refractivity contribution in [3.05, 3.63) is 42.0 Å². The van der Waals surface area contributed by atoms with Crippen molar-refractivity contribution in [2.75, 3.05) is 31.2 Å². The van der Waals surface area contributed by atoms with Crippen molar-refractivity contribution in [3.8, 4) is 0 Å². The van der Waals surface area contributed by atoms with Crippen LogP contribution in [-0.4, -0.2) is 41.1 Å². The summed E-state index contributed by atoms with van der Waals surface area (Å²) in [5.41, 5.74) is 2.55. The third-order valence-corrected chi connectivity index (χ3v) is 3.73. The number of hydrogen-bond donors (Lipinski definition) is 1. The molecule has 0 saturated carbocycles. The number of hydrogen-bond acceptors (Lipinski definition) is 5. The van der Waals surface area contributed by atoms with Gasteiger partial charge in [0, 0.05) is 32.4 Å². The molecule has 6 nitrogen and oxygen atoms in total. The lowest BCUT2D eigenvalue weighted by molar-refractivity contribution is 0.122. The van der Waals surface area contributed by atoms with Gasteiger partial charge in [-0.2, -0.15) is 0 Å². The summed E-state index contributed by atoms with van der Waals surface area (Å²) >= 11 is 0. The number of nitrogens with zero attached hydrogens (tertiary/aromatic N) is 4. The van der Waals surface area contributed by atoms with Gasteiger partial charge in [0.15, 0.2) is 0 Å². The first kappa shape index (κ1) is 14.0.